The molecule has 1 amide bonds. The fraction of sp³-hybridized carbons (Fsp3) is 0.533. The maximum absolute atomic E-state index is 12.1. The lowest BCUT2D eigenvalue weighted by Gasteiger charge is -2.22. The van der Waals surface area contributed by atoms with E-state index in [1.165, 1.54) is 12.1 Å². The molecule has 2 rings (SSSR count). The molecule has 0 bridgehead atoms. The highest BCUT2D eigenvalue weighted by molar-refractivity contribution is 7.89. The van der Waals surface area contributed by atoms with Crippen LogP contribution in [0.25, 0.3) is 0 Å². The van der Waals surface area contributed by atoms with Crippen LogP contribution >= 0.6 is 0 Å². The predicted molar refractivity (Wildman–Crippen MR) is 84.6 cm³/mol. The quantitative estimate of drug-likeness (QED) is 0.799. The number of amides is 1. The summed E-state index contributed by atoms with van der Waals surface area (Å²) in [6, 6.07) is 8.13. The van der Waals surface area contributed by atoms with Crippen LogP contribution < -0.4 is 10.5 Å². The third-order valence-corrected chi connectivity index (χ3v) is 5.56. The van der Waals surface area contributed by atoms with Crippen molar-refractivity contribution in [3.8, 4) is 0 Å². The molecule has 1 aromatic carbocycles. The molecule has 0 aromatic heterocycles. The van der Waals surface area contributed by atoms with E-state index in [2.05, 4.69) is 11.6 Å². The Bertz CT molecular complexity index is 618. The largest absolute Gasteiger partial charge is 0.342 e. The van der Waals surface area contributed by atoms with E-state index in [1.807, 2.05) is 0 Å². The van der Waals surface area contributed by atoms with Crippen molar-refractivity contribution < 1.29 is 13.2 Å². The van der Waals surface area contributed by atoms with Gasteiger partial charge in [-0.2, -0.15) is 0 Å². The summed E-state index contributed by atoms with van der Waals surface area (Å²) in [5, 5.41) is 0. The summed E-state index contributed by atoms with van der Waals surface area (Å²) < 4.78 is 26.5. The second-order valence-electron chi connectivity index (χ2n) is 6.04. The van der Waals surface area contributed by atoms with Crippen LogP contribution in [-0.4, -0.2) is 45.4 Å². The highest BCUT2D eigenvalue weighted by Crippen LogP contribution is 2.28. The molecular formula is C15H23N3O3S. The van der Waals surface area contributed by atoms with Crippen molar-refractivity contribution in [1.82, 2.24) is 9.62 Å². The Morgan fingerprint density at radius 2 is 2.05 bits per heavy atom. The first-order chi connectivity index (χ1) is 10.4. The third kappa shape index (κ3) is 4.06. The van der Waals surface area contributed by atoms with Gasteiger partial charge in [0.2, 0.25) is 15.9 Å². The van der Waals surface area contributed by atoms with E-state index in [1.54, 1.807) is 23.1 Å². The van der Waals surface area contributed by atoms with Crippen LogP contribution in [0.5, 0.6) is 0 Å². The average molecular weight is 325 g/mol. The Kier molecular flexibility index (Phi) is 5.20. The molecule has 1 unspecified atom stereocenters. The number of likely N-dealkylation sites (tertiary alicyclic amines) is 1. The summed E-state index contributed by atoms with van der Waals surface area (Å²) in [5.41, 5.74) is 5.71. The molecule has 7 heteroatoms. The second-order valence-corrected chi connectivity index (χ2v) is 7.81. The summed E-state index contributed by atoms with van der Waals surface area (Å²) in [7, 11) is -3.55. The molecule has 1 heterocycles. The van der Waals surface area contributed by atoms with Crippen LogP contribution in [-0.2, 0) is 14.8 Å². The molecule has 1 saturated heterocycles. The molecule has 122 valence electrons. The van der Waals surface area contributed by atoms with E-state index in [9.17, 15) is 13.2 Å². The van der Waals surface area contributed by atoms with Gasteiger partial charge < -0.3 is 10.6 Å². The van der Waals surface area contributed by atoms with Crippen molar-refractivity contribution in [3.63, 3.8) is 0 Å². The lowest BCUT2D eigenvalue weighted by atomic mass is 9.90. The molecule has 3 N–H and O–H groups in total. The van der Waals surface area contributed by atoms with Gasteiger partial charge in [0.1, 0.15) is 0 Å². The molecular weight excluding hydrogens is 302 g/mol. The zero-order valence-corrected chi connectivity index (χ0v) is 13.6. The molecule has 1 fully saturated rings. The number of sulfonamides is 1. The first-order valence-corrected chi connectivity index (χ1v) is 8.87. The third-order valence-electron chi connectivity index (χ3n) is 4.09. The minimum Gasteiger partial charge on any atom is -0.342 e. The van der Waals surface area contributed by atoms with Gasteiger partial charge in [0.25, 0.3) is 0 Å². The van der Waals surface area contributed by atoms with Crippen LogP contribution in [0.1, 0.15) is 19.8 Å². The topological polar surface area (TPSA) is 92.5 Å². The van der Waals surface area contributed by atoms with Crippen molar-refractivity contribution in [2.45, 2.75) is 24.7 Å². The van der Waals surface area contributed by atoms with Crippen molar-refractivity contribution in [1.29, 1.82) is 0 Å². The van der Waals surface area contributed by atoms with Gasteiger partial charge in [-0.05, 0) is 30.5 Å². The Morgan fingerprint density at radius 1 is 1.36 bits per heavy atom. The lowest BCUT2D eigenvalue weighted by Crippen LogP contribution is -2.36. The van der Waals surface area contributed by atoms with Gasteiger partial charge in [-0.3, -0.25) is 4.79 Å². The number of rotatable bonds is 6. The second kappa shape index (κ2) is 6.76. The standard InChI is InChI=1S/C15H23N3O3S/c1-15(11-16)8-10-18(12-15)14(19)7-9-17-22(20,21)13-5-3-2-4-6-13/h2-6,17H,7-12,16H2,1H3. The molecule has 22 heavy (non-hydrogen) atoms. The van der Waals surface area contributed by atoms with Crippen molar-refractivity contribution in [2.75, 3.05) is 26.2 Å². The molecule has 1 aliphatic heterocycles. The summed E-state index contributed by atoms with van der Waals surface area (Å²) in [4.78, 5) is 14.1. The van der Waals surface area contributed by atoms with E-state index in [0.717, 1.165) is 6.42 Å². The van der Waals surface area contributed by atoms with Crippen molar-refractivity contribution in [2.24, 2.45) is 11.1 Å². The van der Waals surface area contributed by atoms with E-state index in [-0.39, 0.29) is 29.2 Å². The van der Waals surface area contributed by atoms with E-state index < -0.39 is 10.0 Å². The van der Waals surface area contributed by atoms with E-state index >= 15 is 0 Å². The lowest BCUT2D eigenvalue weighted by molar-refractivity contribution is -0.130. The SMILES string of the molecule is CC1(CN)CCN(C(=O)CCNS(=O)(=O)c2ccccc2)C1. The number of hydrogen-bond acceptors (Lipinski definition) is 4. The fourth-order valence-corrected chi connectivity index (χ4v) is 3.59. The van der Waals surface area contributed by atoms with Gasteiger partial charge in [0, 0.05) is 26.1 Å². The van der Waals surface area contributed by atoms with Gasteiger partial charge in [-0.1, -0.05) is 25.1 Å². The maximum Gasteiger partial charge on any atom is 0.240 e. The van der Waals surface area contributed by atoms with Gasteiger partial charge in [0.15, 0.2) is 0 Å². The summed E-state index contributed by atoms with van der Waals surface area (Å²) in [5.74, 6) is -0.0343. The molecule has 0 radical (unpaired) electrons. The molecule has 0 spiro atoms. The maximum atomic E-state index is 12.1. The van der Waals surface area contributed by atoms with Crippen LogP contribution in [0.2, 0.25) is 0 Å². The molecule has 0 aliphatic carbocycles. The number of nitrogens with one attached hydrogen (secondary N) is 1. The normalized spacial score (nSPS) is 22.0. The van der Waals surface area contributed by atoms with Crippen LogP contribution in [0.3, 0.4) is 0 Å². The smallest absolute Gasteiger partial charge is 0.240 e. The zero-order valence-electron chi connectivity index (χ0n) is 12.8. The Balaban J connectivity index is 1.83. The Labute approximate surface area is 131 Å². The minimum absolute atomic E-state index is 0.0147. The zero-order chi connectivity index (χ0) is 16.2. The number of benzene rings is 1. The van der Waals surface area contributed by atoms with Crippen LogP contribution in [0, 0.1) is 5.41 Å². The molecule has 1 aromatic rings. The first-order valence-electron chi connectivity index (χ1n) is 7.39. The molecule has 6 nitrogen and oxygen atoms in total. The monoisotopic (exact) mass is 325 g/mol. The van der Waals surface area contributed by atoms with Crippen molar-refractivity contribution in [3.05, 3.63) is 30.3 Å². The number of nitrogens with zero attached hydrogens (tertiary/aromatic N) is 1. The molecule has 1 aliphatic rings. The van der Waals surface area contributed by atoms with Gasteiger partial charge in [-0.15, -0.1) is 0 Å². The van der Waals surface area contributed by atoms with Gasteiger partial charge in [0.05, 0.1) is 4.90 Å². The van der Waals surface area contributed by atoms with Crippen LogP contribution in [0.15, 0.2) is 35.2 Å². The van der Waals surface area contributed by atoms with Gasteiger partial charge >= 0.3 is 0 Å². The van der Waals surface area contributed by atoms with E-state index in [4.69, 9.17) is 5.73 Å². The molecule has 0 saturated carbocycles. The van der Waals surface area contributed by atoms with Crippen molar-refractivity contribution >= 4 is 15.9 Å². The minimum atomic E-state index is -3.55. The van der Waals surface area contributed by atoms with E-state index in [0.29, 0.717) is 19.6 Å². The fourth-order valence-electron chi connectivity index (χ4n) is 2.54. The molecule has 1 atom stereocenters. The van der Waals surface area contributed by atoms with Crippen LogP contribution in [0.4, 0.5) is 0 Å². The Morgan fingerprint density at radius 3 is 2.64 bits per heavy atom. The summed E-state index contributed by atoms with van der Waals surface area (Å²) in [6.07, 6.45) is 1.05. The summed E-state index contributed by atoms with van der Waals surface area (Å²) in [6.45, 7) is 4.06. The highest BCUT2D eigenvalue weighted by atomic mass is 32.2. The summed E-state index contributed by atoms with van der Waals surface area (Å²) >= 11 is 0. The van der Waals surface area contributed by atoms with Gasteiger partial charge in [-0.25, -0.2) is 13.1 Å². The average Bonchev–Trinajstić information content (AvgIpc) is 2.91. The first kappa shape index (κ1) is 16.9. The Hall–Kier alpha value is -1.44. The number of hydrogen-bond donors (Lipinski definition) is 2. The number of carbonyl (C=O) groups excluding carboxylic acids is 1. The predicted octanol–water partition coefficient (Wildman–Crippen LogP) is 0.552. The highest BCUT2D eigenvalue weighted by Gasteiger charge is 2.34. The number of carbonyl (C=O) groups is 1. The number of nitrogens with two attached hydrogens (primary N) is 1.